The molecule has 1 saturated heterocycles. The predicted molar refractivity (Wildman–Crippen MR) is 63.1 cm³/mol. The molecule has 1 aliphatic rings. The van der Waals surface area contributed by atoms with E-state index in [4.69, 9.17) is 9.84 Å². The number of rotatable bonds is 4. The molecule has 88 valence electrons. The van der Waals surface area contributed by atoms with Crippen LogP contribution in [0.1, 0.15) is 18.4 Å². The lowest BCUT2D eigenvalue weighted by Gasteiger charge is -2.28. The van der Waals surface area contributed by atoms with Gasteiger partial charge in [0.1, 0.15) is 0 Å². The number of nitrogens with one attached hydrogen (secondary N) is 1. The number of benzene rings is 1. The Kier molecular flexibility index (Phi) is 4.34. The largest absolute Gasteiger partial charge is 0.394 e. The van der Waals surface area contributed by atoms with Crippen LogP contribution in [0.4, 0.5) is 0 Å². The molecular weight excluding hydrogens is 202 g/mol. The van der Waals surface area contributed by atoms with Gasteiger partial charge < -0.3 is 15.2 Å². The lowest BCUT2D eigenvalue weighted by atomic mass is 10.1. The van der Waals surface area contributed by atoms with Gasteiger partial charge in [-0.2, -0.15) is 0 Å². The van der Waals surface area contributed by atoms with Crippen molar-refractivity contribution in [3.8, 4) is 0 Å². The fourth-order valence-corrected chi connectivity index (χ4v) is 1.97. The molecule has 3 nitrogen and oxygen atoms in total. The molecule has 16 heavy (non-hydrogen) atoms. The van der Waals surface area contributed by atoms with Crippen molar-refractivity contribution in [3.63, 3.8) is 0 Å². The zero-order chi connectivity index (χ0) is 11.2. The number of hydrogen-bond donors (Lipinski definition) is 2. The van der Waals surface area contributed by atoms with Gasteiger partial charge >= 0.3 is 0 Å². The van der Waals surface area contributed by atoms with Crippen molar-refractivity contribution in [2.75, 3.05) is 13.2 Å². The zero-order valence-corrected chi connectivity index (χ0v) is 9.43. The number of ether oxygens (including phenoxy) is 1. The highest BCUT2D eigenvalue weighted by Gasteiger charge is 2.20. The Labute approximate surface area is 96.4 Å². The highest BCUT2D eigenvalue weighted by atomic mass is 16.5. The Bertz CT molecular complexity index is 294. The molecule has 2 N–H and O–H groups in total. The Balaban J connectivity index is 1.72. The monoisotopic (exact) mass is 221 g/mol. The van der Waals surface area contributed by atoms with E-state index in [1.807, 2.05) is 6.07 Å². The molecule has 1 fully saturated rings. The van der Waals surface area contributed by atoms with Crippen molar-refractivity contribution in [1.29, 1.82) is 0 Å². The molecule has 3 heteroatoms. The molecule has 0 amide bonds. The third-order valence-corrected chi connectivity index (χ3v) is 3.01. The Hall–Kier alpha value is -0.900. The van der Waals surface area contributed by atoms with Gasteiger partial charge in [0.2, 0.25) is 0 Å². The maximum atomic E-state index is 8.94. The fourth-order valence-electron chi connectivity index (χ4n) is 1.97. The Morgan fingerprint density at radius 1 is 1.25 bits per heavy atom. The summed E-state index contributed by atoms with van der Waals surface area (Å²) in [6, 6.07) is 10.8. The summed E-state index contributed by atoms with van der Waals surface area (Å²) in [5, 5.41) is 12.4. The van der Waals surface area contributed by atoms with Crippen LogP contribution >= 0.6 is 0 Å². The summed E-state index contributed by atoms with van der Waals surface area (Å²) in [5.41, 5.74) is 1.30. The molecule has 0 aliphatic carbocycles. The van der Waals surface area contributed by atoms with Gasteiger partial charge in [-0.15, -0.1) is 0 Å². The summed E-state index contributed by atoms with van der Waals surface area (Å²) in [5.74, 6) is 0. The van der Waals surface area contributed by atoms with E-state index in [9.17, 15) is 0 Å². The van der Waals surface area contributed by atoms with E-state index in [1.165, 1.54) is 5.56 Å². The summed E-state index contributed by atoms with van der Waals surface area (Å²) in [6.45, 7) is 1.74. The van der Waals surface area contributed by atoms with Crippen LogP contribution in [0.3, 0.4) is 0 Å². The van der Waals surface area contributed by atoms with Crippen molar-refractivity contribution in [3.05, 3.63) is 35.9 Å². The summed E-state index contributed by atoms with van der Waals surface area (Å²) in [7, 11) is 0. The third-order valence-electron chi connectivity index (χ3n) is 3.01. The molecule has 0 aromatic heterocycles. The van der Waals surface area contributed by atoms with Crippen molar-refractivity contribution in [2.24, 2.45) is 0 Å². The van der Waals surface area contributed by atoms with E-state index < -0.39 is 0 Å². The van der Waals surface area contributed by atoms with E-state index in [0.717, 1.165) is 19.4 Å². The average Bonchev–Trinajstić information content (AvgIpc) is 2.38. The predicted octanol–water partition coefficient (Wildman–Crippen LogP) is 1.32. The van der Waals surface area contributed by atoms with E-state index in [-0.39, 0.29) is 12.7 Å². The minimum atomic E-state index is 0.0507. The quantitative estimate of drug-likeness (QED) is 0.805. The Morgan fingerprint density at radius 3 is 2.69 bits per heavy atom. The van der Waals surface area contributed by atoms with Crippen molar-refractivity contribution < 1.29 is 9.84 Å². The van der Waals surface area contributed by atoms with Gasteiger partial charge in [0.25, 0.3) is 0 Å². The SMILES string of the molecule is OCC1CCC(NCc2ccccc2)CO1. The first-order chi connectivity index (χ1) is 7.88. The van der Waals surface area contributed by atoms with Crippen LogP contribution in [0.25, 0.3) is 0 Å². The topological polar surface area (TPSA) is 41.5 Å². The van der Waals surface area contributed by atoms with Crippen LogP contribution in [-0.2, 0) is 11.3 Å². The molecule has 0 bridgehead atoms. The van der Waals surface area contributed by atoms with Crippen molar-refractivity contribution in [2.45, 2.75) is 31.5 Å². The minimum Gasteiger partial charge on any atom is -0.394 e. The standard InChI is InChI=1S/C13H19NO2/c15-9-13-7-6-12(10-16-13)14-8-11-4-2-1-3-5-11/h1-5,12-15H,6-10H2. The number of aliphatic hydroxyl groups excluding tert-OH is 1. The van der Waals surface area contributed by atoms with Crippen molar-refractivity contribution in [1.82, 2.24) is 5.32 Å². The lowest BCUT2D eigenvalue weighted by Crippen LogP contribution is -2.40. The molecule has 2 rings (SSSR count). The zero-order valence-electron chi connectivity index (χ0n) is 9.43. The van der Waals surface area contributed by atoms with Gasteiger partial charge in [0.15, 0.2) is 0 Å². The summed E-state index contributed by atoms with van der Waals surface area (Å²) in [4.78, 5) is 0. The average molecular weight is 221 g/mol. The second-order valence-electron chi connectivity index (χ2n) is 4.28. The molecular formula is C13H19NO2. The van der Waals surface area contributed by atoms with Gasteiger partial charge in [0.05, 0.1) is 19.3 Å². The van der Waals surface area contributed by atoms with Crippen LogP contribution in [0.2, 0.25) is 0 Å². The van der Waals surface area contributed by atoms with E-state index in [2.05, 4.69) is 29.6 Å². The second-order valence-corrected chi connectivity index (χ2v) is 4.28. The van der Waals surface area contributed by atoms with E-state index in [0.29, 0.717) is 12.6 Å². The highest BCUT2D eigenvalue weighted by Crippen LogP contribution is 2.13. The molecule has 0 saturated carbocycles. The normalized spacial score (nSPS) is 25.6. The molecule has 0 radical (unpaired) electrons. The first-order valence-electron chi connectivity index (χ1n) is 5.88. The second kappa shape index (κ2) is 5.99. The van der Waals surface area contributed by atoms with Crippen LogP contribution in [-0.4, -0.2) is 30.5 Å². The van der Waals surface area contributed by atoms with E-state index in [1.54, 1.807) is 0 Å². The first kappa shape index (κ1) is 11.6. The number of hydrogen-bond acceptors (Lipinski definition) is 3. The van der Waals surface area contributed by atoms with Gasteiger partial charge in [-0.3, -0.25) is 0 Å². The Morgan fingerprint density at radius 2 is 2.06 bits per heavy atom. The molecule has 1 aromatic carbocycles. The van der Waals surface area contributed by atoms with Crippen LogP contribution < -0.4 is 5.32 Å². The number of aliphatic hydroxyl groups is 1. The fraction of sp³-hybridized carbons (Fsp3) is 0.538. The molecule has 1 aromatic rings. The molecule has 1 heterocycles. The van der Waals surface area contributed by atoms with Gasteiger partial charge in [-0.25, -0.2) is 0 Å². The summed E-state index contributed by atoms with van der Waals surface area (Å²) >= 11 is 0. The van der Waals surface area contributed by atoms with Crippen LogP contribution in [0, 0.1) is 0 Å². The smallest absolute Gasteiger partial charge is 0.0807 e. The van der Waals surface area contributed by atoms with Gasteiger partial charge in [-0.1, -0.05) is 30.3 Å². The van der Waals surface area contributed by atoms with Gasteiger partial charge in [-0.05, 0) is 18.4 Å². The highest BCUT2D eigenvalue weighted by molar-refractivity contribution is 5.14. The third kappa shape index (κ3) is 3.30. The van der Waals surface area contributed by atoms with Crippen LogP contribution in [0.5, 0.6) is 0 Å². The lowest BCUT2D eigenvalue weighted by molar-refractivity contribution is -0.0319. The molecule has 2 unspecified atom stereocenters. The van der Waals surface area contributed by atoms with Crippen LogP contribution in [0.15, 0.2) is 30.3 Å². The summed E-state index contributed by atoms with van der Waals surface area (Å²) < 4.78 is 5.52. The molecule has 0 spiro atoms. The molecule has 1 aliphatic heterocycles. The summed E-state index contributed by atoms with van der Waals surface area (Å²) in [6.07, 6.45) is 2.08. The first-order valence-corrected chi connectivity index (χ1v) is 5.88. The van der Waals surface area contributed by atoms with E-state index >= 15 is 0 Å². The maximum Gasteiger partial charge on any atom is 0.0807 e. The maximum absolute atomic E-state index is 8.94. The minimum absolute atomic E-state index is 0.0507. The van der Waals surface area contributed by atoms with Gasteiger partial charge in [0, 0.05) is 12.6 Å². The molecule has 2 atom stereocenters. The van der Waals surface area contributed by atoms with Crippen molar-refractivity contribution >= 4 is 0 Å².